The molecule has 0 amide bonds. The average molecular weight is 372 g/mol. The molecule has 2 aromatic carbocycles. The maximum Gasteiger partial charge on any atom is 0.250 e. The van der Waals surface area contributed by atoms with Gasteiger partial charge in [-0.05, 0) is 68.5 Å². The number of hydrogen-bond acceptors (Lipinski definition) is 3. The molecule has 0 saturated carbocycles. The van der Waals surface area contributed by atoms with Crippen LogP contribution in [0.1, 0.15) is 6.42 Å². The van der Waals surface area contributed by atoms with Gasteiger partial charge in [0.05, 0.1) is 11.0 Å². The first kappa shape index (κ1) is 18.2. The van der Waals surface area contributed by atoms with E-state index in [-0.39, 0.29) is 5.56 Å². The summed E-state index contributed by atoms with van der Waals surface area (Å²) < 4.78 is 3.88. The van der Waals surface area contributed by atoms with E-state index in [9.17, 15) is 4.79 Å². The second kappa shape index (κ2) is 7.82. The highest BCUT2D eigenvalue weighted by atomic mass is 16.1. The van der Waals surface area contributed by atoms with Crippen LogP contribution >= 0.6 is 0 Å². The molecule has 4 rings (SSSR count). The largest absolute Gasteiger partial charge is 0.315 e. The first-order chi connectivity index (χ1) is 13.6. The highest BCUT2D eigenvalue weighted by molar-refractivity contribution is 5.83. The lowest BCUT2D eigenvalue weighted by Crippen LogP contribution is -2.21. The average Bonchev–Trinajstić information content (AvgIpc) is 3.13. The van der Waals surface area contributed by atoms with Gasteiger partial charge in [-0.15, -0.1) is 0 Å². The van der Waals surface area contributed by atoms with Gasteiger partial charge < -0.3 is 9.47 Å². The van der Waals surface area contributed by atoms with E-state index in [0.29, 0.717) is 0 Å². The van der Waals surface area contributed by atoms with E-state index in [1.807, 2.05) is 50.9 Å². The number of aryl methyl sites for hydroxylation is 1. The Hall–Kier alpha value is -3.18. The zero-order valence-corrected chi connectivity index (χ0v) is 16.2. The molecule has 0 spiro atoms. The molecule has 0 aliphatic heterocycles. The van der Waals surface area contributed by atoms with Crippen molar-refractivity contribution in [2.75, 3.05) is 20.6 Å². The molecule has 2 aromatic heterocycles. The van der Waals surface area contributed by atoms with Crippen LogP contribution in [-0.4, -0.2) is 39.7 Å². The third kappa shape index (κ3) is 3.75. The van der Waals surface area contributed by atoms with E-state index in [2.05, 4.69) is 44.8 Å². The van der Waals surface area contributed by atoms with E-state index >= 15 is 0 Å². The van der Waals surface area contributed by atoms with Crippen LogP contribution < -0.4 is 5.56 Å². The molecule has 4 aromatic rings. The zero-order chi connectivity index (χ0) is 19.5. The number of nitrogens with zero attached hydrogens (tertiary/aromatic N) is 4. The minimum atomic E-state index is 0.0388. The first-order valence-corrected chi connectivity index (χ1v) is 9.50. The van der Waals surface area contributed by atoms with Gasteiger partial charge in [0.15, 0.2) is 0 Å². The van der Waals surface area contributed by atoms with Crippen LogP contribution in [0.3, 0.4) is 0 Å². The summed E-state index contributed by atoms with van der Waals surface area (Å²) in [6.45, 7) is 1.68. The quantitative estimate of drug-likeness (QED) is 0.517. The van der Waals surface area contributed by atoms with Crippen LogP contribution in [0.25, 0.3) is 27.8 Å². The third-order valence-corrected chi connectivity index (χ3v) is 4.90. The number of rotatable bonds is 6. The zero-order valence-electron chi connectivity index (χ0n) is 16.2. The molecule has 0 unspecified atom stereocenters. The van der Waals surface area contributed by atoms with Crippen molar-refractivity contribution in [1.82, 2.24) is 19.0 Å². The van der Waals surface area contributed by atoms with Crippen molar-refractivity contribution in [2.45, 2.75) is 13.0 Å². The lowest BCUT2D eigenvalue weighted by atomic mass is 10.1. The predicted molar refractivity (Wildman–Crippen MR) is 114 cm³/mol. The van der Waals surface area contributed by atoms with Crippen molar-refractivity contribution in [1.29, 1.82) is 0 Å². The molecular formula is C23H24N4O. The summed E-state index contributed by atoms with van der Waals surface area (Å²) in [4.78, 5) is 18.9. The van der Waals surface area contributed by atoms with Crippen molar-refractivity contribution in [3.8, 4) is 16.8 Å². The molecule has 0 atom stereocenters. The summed E-state index contributed by atoms with van der Waals surface area (Å²) in [6, 6.07) is 20.0. The van der Waals surface area contributed by atoms with Gasteiger partial charge in [-0.2, -0.15) is 0 Å². The van der Waals surface area contributed by atoms with Crippen molar-refractivity contribution in [3.63, 3.8) is 0 Å². The normalized spacial score (nSPS) is 11.4. The molecule has 142 valence electrons. The van der Waals surface area contributed by atoms with Gasteiger partial charge in [0, 0.05) is 24.5 Å². The Morgan fingerprint density at radius 1 is 0.964 bits per heavy atom. The topological polar surface area (TPSA) is 43.1 Å². The SMILES string of the molecule is CN(C)CCCn1cc(-c2ccc3c(c2)ncn3-c2ccccc2)ccc1=O. The van der Waals surface area contributed by atoms with Gasteiger partial charge >= 0.3 is 0 Å². The van der Waals surface area contributed by atoms with Crippen LogP contribution in [0.15, 0.2) is 78.0 Å². The fourth-order valence-electron chi connectivity index (χ4n) is 3.42. The Bertz CT molecular complexity index is 1140. The number of fused-ring (bicyclic) bond motifs is 1. The molecule has 0 aliphatic rings. The number of imidazole rings is 1. The molecule has 0 N–H and O–H groups in total. The Kier molecular flexibility index (Phi) is 5.08. The summed E-state index contributed by atoms with van der Waals surface area (Å²) in [6.07, 6.45) is 4.75. The van der Waals surface area contributed by atoms with Crippen LogP contribution in [0.2, 0.25) is 0 Å². The second-order valence-electron chi connectivity index (χ2n) is 7.26. The minimum absolute atomic E-state index is 0.0388. The van der Waals surface area contributed by atoms with E-state index < -0.39 is 0 Å². The Morgan fingerprint density at radius 2 is 1.75 bits per heavy atom. The Labute approximate surface area is 164 Å². The molecule has 28 heavy (non-hydrogen) atoms. The standard InChI is InChI=1S/C23H24N4O/c1-25(2)13-6-14-26-16-19(10-12-23(26)28)18-9-11-22-21(15-18)24-17-27(22)20-7-4-3-5-8-20/h3-5,7-12,15-17H,6,13-14H2,1-2H3. The highest BCUT2D eigenvalue weighted by Crippen LogP contribution is 2.25. The van der Waals surface area contributed by atoms with E-state index in [4.69, 9.17) is 0 Å². The molecule has 2 heterocycles. The fourth-order valence-corrected chi connectivity index (χ4v) is 3.42. The molecule has 0 bridgehead atoms. The number of para-hydroxylation sites is 1. The Balaban J connectivity index is 1.65. The number of benzene rings is 2. The molecule has 0 saturated heterocycles. The molecule has 0 radical (unpaired) electrons. The smallest absolute Gasteiger partial charge is 0.250 e. The summed E-state index contributed by atoms with van der Waals surface area (Å²) >= 11 is 0. The van der Waals surface area contributed by atoms with Crippen molar-refractivity contribution >= 4 is 11.0 Å². The molecule has 5 nitrogen and oxygen atoms in total. The molecular weight excluding hydrogens is 348 g/mol. The van der Waals surface area contributed by atoms with Crippen LogP contribution in [0.4, 0.5) is 0 Å². The van der Waals surface area contributed by atoms with E-state index in [0.717, 1.165) is 47.4 Å². The first-order valence-electron chi connectivity index (χ1n) is 9.50. The number of aromatic nitrogens is 3. The lowest BCUT2D eigenvalue weighted by molar-refractivity contribution is 0.385. The lowest BCUT2D eigenvalue weighted by Gasteiger charge is -2.12. The fraction of sp³-hybridized carbons (Fsp3) is 0.217. The highest BCUT2D eigenvalue weighted by Gasteiger charge is 2.08. The summed E-state index contributed by atoms with van der Waals surface area (Å²) in [7, 11) is 4.09. The van der Waals surface area contributed by atoms with Crippen molar-refractivity contribution in [2.24, 2.45) is 0 Å². The number of pyridine rings is 1. The van der Waals surface area contributed by atoms with Gasteiger partial charge in [0.1, 0.15) is 6.33 Å². The van der Waals surface area contributed by atoms with Gasteiger partial charge in [-0.1, -0.05) is 24.3 Å². The van der Waals surface area contributed by atoms with Gasteiger partial charge in [0.25, 0.3) is 5.56 Å². The molecule has 0 aliphatic carbocycles. The summed E-state index contributed by atoms with van der Waals surface area (Å²) in [5, 5.41) is 0. The maximum atomic E-state index is 12.2. The molecule has 5 heteroatoms. The van der Waals surface area contributed by atoms with Crippen LogP contribution in [0, 0.1) is 0 Å². The minimum Gasteiger partial charge on any atom is -0.315 e. The second-order valence-corrected chi connectivity index (χ2v) is 7.26. The monoisotopic (exact) mass is 372 g/mol. The predicted octanol–water partition coefficient (Wildman–Crippen LogP) is 3.81. The van der Waals surface area contributed by atoms with E-state index in [1.54, 1.807) is 10.6 Å². The van der Waals surface area contributed by atoms with Crippen molar-refractivity contribution < 1.29 is 0 Å². The maximum absolute atomic E-state index is 12.2. The Morgan fingerprint density at radius 3 is 2.54 bits per heavy atom. The van der Waals surface area contributed by atoms with Crippen LogP contribution in [-0.2, 0) is 6.54 Å². The van der Waals surface area contributed by atoms with Gasteiger partial charge in [0.2, 0.25) is 0 Å². The summed E-state index contributed by atoms with van der Waals surface area (Å²) in [5.41, 5.74) is 5.22. The van der Waals surface area contributed by atoms with Crippen LogP contribution in [0.5, 0.6) is 0 Å². The van der Waals surface area contributed by atoms with E-state index in [1.165, 1.54) is 0 Å². The third-order valence-electron chi connectivity index (χ3n) is 4.90. The molecule has 0 fully saturated rings. The van der Waals surface area contributed by atoms with Gasteiger partial charge in [-0.25, -0.2) is 4.98 Å². The summed E-state index contributed by atoms with van der Waals surface area (Å²) in [5.74, 6) is 0. The number of hydrogen-bond donors (Lipinski definition) is 0. The van der Waals surface area contributed by atoms with Crippen molar-refractivity contribution in [3.05, 3.63) is 83.5 Å². The van der Waals surface area contributed by atoms with Gasteiger partial charge in [-0.3, -0.25) is 9.36 Å².